The topological polar surface area (TPSA) is 64.3 Å². The molecule has 6 nitrogen and oxygen atoms in total. The van der Waals surface area contributed by atoms with Crippen LogP contribution >= 0.6 is 0 Å². The van der Waals surface area contributed by atoms with Gasteiger partial charge in [0.25, 0.3) is 5.78 Å². The molecule has 2 aromatic heterocycles. The number of aromatic nitrogens is 4. The second kappa shape index (κ2) is 5.13. The van der Waals surface area contributed by atoms with Gasteiger partial charge in [-0.25, -0.2) is 4.98 Å². The van der Waals surface area contributed by atoms with Crippen LogP contribution in [0.5, 0.6) is 0 Å². The number of ether oxygens (including phenoxy) is 1. The first-order chi connectivity index (χ1) is 8.91. The lowest BCUT2D eigenvalue weighted by molar-refractivity contribution is 0.181. The number of methoxy groups -OCH3 is 1. The lowest BCUT2D eigenvalue weighted by Gasteiger charge is -2.29. The lowest BCUT2D eigenvalue weighted by atomic mass is 9.88. The number of hydrogen-bond acceptors (Lipinski definition) is 5. The van der Waals surface area contributed by atoms with Gasteiger partial charge in [-0.2, -0.15) is 14.6 Å². The predicted molar refractivity (Wildman–Crippen MR) is 74.0 cm³/mol. The first kappa shape index (κ1) is 13.7. The fourth-order valence-electron chi connectivity index (χ4n) is 1.62. The average molecular weight is 263 g/mol. The molecule has 104 valence electrons. The van der Waals surface area contributed by atoms with Crippen LogP contribution in [0.2, 0.25) is 0 Å². The molecule has 2 heterocycles. The minimum Gasteiger partial charge on any atom is -0.378 e. The predicted octanol–water partition coefficient (Wildman–Crippen LogP) is 2.12. The van der Waals surface area contributed by atoms with Crippen LogP contribution in [0.4, 0.5) is 5.82 Å². The third-order valence-corrected chi connectivity index (χ3v) is 3.26. The van der Waals surface area contributed by atoms with Crippen LogP contribution in [0, 0.1) is 5.41 Å². The number of fused-ring (bicyclic) bond motifs is 1. The molecule has 0 spiro atoms. The molecule has 2 aromatic rings. The summed E-state index contributed by atoms with van der Waals surface area (Å²) in [4.78, 5) is 8.52. The fourth-order valence-corrected chi connectivity index (χ4v) is 1.62. The zero-order chi connectivity index (χ0) is 14.0. The van der Waals surface area contributed by atoms with E-state index in [-0.39, 0.29) is 11.5 Å². The van der Waals surface area contributed by atoms with Gasteiger partial charge < -0.3 is 10.1 Å². The molecule has 2 rings (SSSR count). The van der Waals surface area contributed by atoms with Crippen LogP contribution in [0.15, 0.2) is 12.4 Å². The zero-order valence-electron chi connectivity index (χ0n) is 12.1. The Hall–Kier alpha value is -1.69. The van der Waals surface area contributed by atoms with Gasteiger partial charge in [-0.15, -0.1) is 0 Å². The van der Waals surface area contributed by atoms with Crippen molar-refractivity contribution in [1.82, 2.24) is 19.6 Å². The third-order valence-electron chi connectivity index (χ3n) is 3.26. The maximum Gasteiger partial charge on any atom is 0.254 e. The minimum absolute atomic E-state index is 0.150. The van der Waals surface area contributed by atoms with Gasteiger partial charge in [0, 0.05) is 19.2 Å². The van der Waals surface area contributed by atoms with E-state index in [1.165, 1.54) is 6.33 Å². The van der Waals surface area contributed by atoms with Gasteiger partial charge in [0.2, 0.25) is 0 Å². The number of rotatable bonds is 4. The second-order valence-electron chi connectivity index (χ2n) is 5.77. The number of nitrogens with one attached hydrogen (secondary N) is 1. The van der Waals surface area contributed by atoms with Gasteiger partial charge in [0.05, 0.1) is 12.3 Å². The third kappa shape index (κ3) is 3.01. The maximum absolute atomic E-state index is 5.13. The Morgan fingerprint density at radius 2 is 2.16 bits per heavy atom. The SMILES string of the molecule is COCc1cc(NC(C)C(C)(C)C)n2ncnc2n1. The highest BCUT2D eigenvalue weighted by Crippen LogP contribution is 2.23. The number of hydrogen-bond donors (Lipinski definition) is 1. The molecular weight excluding hydrogens is 242 g/mol. The van der Waals surface area contributed by atoms with Gasteiger partial charge >= 0.3 is 0 Å². The second-order valence-corrected chi connectivity index (χ2v) is 5.77. The largest absolute Gasteiger partial charge is 0.378 e. The first-order valence-electron chi connectivity index (χ1n) is 6.37. The Bertz CT molecular complexity index is 558. The summed E-state index contributed by atoms with van der Waals surface area (Å²) in [5, 5.41) is 7.67. The van der Waals surface area contributed by atoms with Crippen LogP contribution in [0.1, 0.15) is 33.4 Å². The van der Waals surface area contributed by atoms with Crippen molar-refractivity contribution in [2.45, 2.75) is 40.3 Å². The molecule has 0 fully saturated rings. The van der Waals surface area contributed by atoms with Crippen molar-refractivity contribution >= 4 is 11.6 Å². The summed E-state index contributed by atoms with van der Waals surface area (Å²) in [5.74, 6) is 1.47. The highest BCUT2D eigenvalue weighted by atomic mass is 16.5. The van der Waals surface area contributed by atoms with Crippen molar-refractivity contribution in [2.24, 2.45) is 5.41 Å². The molecule has 0 saturated carbocycles. The highest BCUT2D eigenvalue weighted by molar-refractivity contribution is 5.45. The highest BCUT2D eigenvalue weighted by Gasteiger charge is 2.21. The van der Waals surface area contributed by atoms with Gasteiger partial charge in [-0.1, -0.05) is 20.8 Å². The average Bonchev–Trinajstić information content (AvgIpc) is 2.76. The Balaban J connectivity index is 2.37. The smallest absolute Gasteiger partial charge is 0.254 e. The van der Waals surface area contributed by atoms with Crippen molar-refractivity contribution in [3.8, 4) is 0 Å². The summed E-state index contributed by atoms with van der Waals surface area (Å²) in [5.41, 5.74) is 0.990. The molecule has 0 aliphatic heterocycles. The fraction of sp³-hybridized carbons (Fsp3) is 0.615. The number of nitrogens with zero attached hydrogens (tertiary/aromatic N) is 4. The molecule has 0 aromatic carbocycles. The molecule has 0 aliphatic rings. The summed E-state index contributed by atoms with van der Waals surface area (Å²) in [6.07, 6.45) is 1.51. The van der Waals surface area contributed by atoms with Crippen molar-refractivity contribution < 1.29 is 4.74 Å². The Kier molecular flexibility index (Phi) is 3.71. The quantitative estimate of drug-likeness (QED) is 0.915. The van der Waals surface area contributed by atoms with Crippen molar-refractivity contribution in [3.63, 3.8) is 0 Å². The van der Waals surface area contributed by atoms with E-state index < -0.39 is 0 Å². The molecule has 19 heavy (non-hydrogen) atoms. The Morgan fingerprint density at radius 3 is 2.79 bits per heavy atom. The molecule has 0 saturated heterocycles. The van der Waals surface area contributed by atoms with E-state index in [2.05, 4.69) is 48.1 Å². The van der Waals surface area contributed by atoms with Crippen LogP contribution in [0.3, 0.4) is 0 Å². The van der Waals surface area contributed by atoms with Crippen molar-refractivity contribution in [3.05, 3.63) is 18.1 Å². The summed E-state index contributed by atoms with van der Waals surface area (Å²) in [6, 6.07) is 2.24. The van der Waals surface area contributed by atoms with Gasteiger partial charge in [0.1, 0.15) is 12.1 Å². The van der Waals surface area contributed by atoms with Crippen molar-refractivity contribution in [1.29, 1.82) is 0 Å². The molecular formula is C13H21N5O. The maximum atomic E-state index is 5.13. The van der Waals surface area contributed by atoms with E-state index in [4.69, 9.17) is 4.74 Å². The normalized spacial score (nSPS) is 13.7. The molecule has 1 N–H and O–H groups in total. The minimum atomic E-state index is 0.150. The summed E-state index contributed by atoms with van der Waals surface area (Å²) in [7, 11) is 1.65. The number of anilines is 1. The molecule has 1 atom stereocenters. The molecule has 0 radical (unpaired) electrons. The van der Waals surface area contributed by atoms with E-state index >= 15 is 0 Å². The van der Waals surface area contributed by atoms with E-state index in [9.17, 15) is 0 Å². The zero-order valence-corrected chi connectivity index (χ0v) is 12.1. The van der Waals surface area contributed by atoms with Gasteiger partial charge in [-0.05, 0) is 12.3 Å². The van der Waals surface area contributed by atoms with E-state index in [0.717, 1.165) is 11.5 Å². The van der Waals surface area contributed by atoms with Gasteiger partial charge in [-0.3, -0.25) is 0 Å². The van der Waals surface area contributed by atoms with E-state index in [0.29, 0.717) is 12.4 Å². The summed E-state index contributed by atoms with van der Waals surface area (Å²) >= 11 is 0. The van der Waals surface area contributed by atoms with Crippen LogP contribution < -0.4 is 5.32 Å². The van der Waals surface area contributed by atoms with Crippen molar-refractivity contribution in [2.75, 3.05) is 12.4 Å². The molecule has 0 bridgehead atoms. The van der Waals surface area contributed by atoms with Gasteiger partial charge in [0.15, 0.2) is 0 Å². The van der Waals surface area contributed by atoms with Crippen LogP contribution in [0.25, 0.3) is 5.78 Å². The molecule has 6 heteroatoms. The monoisotopic (exact) mass is 263 g/mol. The van der Waals surface area contributed by atoms with E-state index in [1.54, 1.807) is 11.6 Å². The van der Waals surface area contributed by atoms with Crippen LogP contribution in [-0.4, -0.2) is 32.7 Å². The summed E-state index contributed by atoms with van der Waals surface area (Å²) < 4.78 is 6.84. The Morgan fingerprint density at radius 1 is 1.42 bits per heavy atom. The van der Waals surface area contributed by atoms with Crippen LogP contribution in [-0.2, 0) is 11.3 Å². The molecule has 0 amide bonds. The molecule has 0 aliphatic carbocycles. The van der Waals surface area contributed by atoms with E-state index in [1.807, 2.05) is 6.07 Å². The molecule has 1 unspecified atom stereocenters. The first-order valence-corrected chi connectivity index (χ1v) is 6.37. The summed E-state index contributed by atoms with van der Waals surface area (Å²) in [6.45, 7) is 9.20. The Labute approximate surface area is 113 Å². The lowest BCUT2D eigenvalue weighted by Crippen LogP contribution is -2.31. The standard InChI is InChI=1S/C13H21N5O/c1-9(13(2,3)4)16-11-6-10(7-19-5)17-12-14-8-15-18(11)12/h6,8-9,16H,7H2,1-5H3.